The van der Waals surface area contributed by atoms with Crippen molar-refractivity contribution in [3.8, 4) is 11.4 Å². The molecule has 6 rings (SSSR count). The van der Waals surface area contributed by atoms with E-state index in [1.807, 2.05) is 35.7 Å². The van der Waals surface area contributed by atoms with E-state index in [2.05, 4.69) is 15.2 Å². The van der Waals surface area contributed by atoms with Gasteiger partial charge in [-0.3, -0.25) is 14.7 Å². The maximum Gasteiger partial charge on any atom is 0.573 e. The molecule has 0 bridgehead atoms. The number of rotatable bonds is 4. The monoisotopic (exact) mass is 523 g/mol. The highest BCUT2D eigenvalue weighted by molar-refractivity contribution is 7.10. The molecular formula is C27H20F3N3O3S. The molecule has 0 saturated heterocycles. The number of hydrogen-bond donors (Lipinski definition) is 2. The first kappa shape index (κ1) is 23.4. The van der Waals surface area contributed by atoms with Crippen LogP contribution in [0.3, 0.4) is 0 Å². The third kappa shape index (κ3) is 4.27. The van der Waals surface area contributed by atoms with E-state index in [0.717, 1.165) is 4.88 Å². The number of anilines is 1. The number of aromatic amines is 1. The fraction of sp³-hybridized carbons (Fsp3) is 0.185. The second kappa shape index (κ2) is 8.81. The number of nitrogens with zero attached hydrogens (tertiary/aromatic N) is 1. The predicted octanol–water partition coefficient (Wildman–Crippen LogP) is 6.08. The number of carbonyl (C=O) groups is 1. The normalized spacial score (nSPS) is 19.3. The third-order valence-electron chi connectivity index (χ3n) is 6.69. The Bertz CT molecular complexity index is 1550. The number of aromatic nitrogens is 2. The minimum Gasteiger partial charge on any atom is -0.406 e. The van der Waals surface area contributed by atoms with Gasteiger partial charge in [0.1, 0.15) is 11.6 Å². The summed E-state index contributed by atoms with van der Waals surface area (Å²) in [5.41, 5.74) is 2.34. The van der Waals surface area contributed by atoms with E-state index < -0.39 is 12.3 Å². The van der Waals surface area contributed by atoms with E-state index in [4.69, 9.17) is 0 Å². The highest BCUT2D eigenvalue weighted by atomic mass is 32.1. The van der Waals surface area contributed by atoms with Crippen molar-refractivity contribution in [3.05, 3.63) is 110 Å². The molecule has 37 heavy (non-hydrogen) atoms. The van der Waals surface area contributed by atoms with Crippen LogP contribution in [0.1, 0.15) is 40.7 Å². The first-order valence-electron chi connectivity index (χ1n) is 11.6. The molecule has 2 aromatic carbocycles. The van der Waals surface area contributed by atoms with Crippen LogP contribution in [0.2, 0.25) is 0 Å². The Balaban J connectivity index is 1.48. The van der Waals surface area contributed by atoms with Crippen LogP contribution in [0.25, 0.3) is 5.69 Å². The average Bonchev–Trinajstić information content (AvgIpc) is 3.52. The Morgan fingerprint density at radius 1 is 0.946 bits per heavy atom. The van der Waals surface area contributed by atoms with Crippen molar-refractivity contribution in [1.29, 1.82) is 0 Å². The van der Waals surface area contributed by atoms with E-state index >= 15 is 0 Å². The van der Waals surface area contributed by atoms with Crippen LogP contribution in [0.4, 0.5) is 19.0 Å². The lowest BCUT2D eigenvalue weighted by atomic mass is 9.74. The number of hydrogen-bond acceptors (Lipinski definition) is 5. The standard InChI is InChI=1S/C27H20F3N3O3S/c28-27(29,30)36-18-10-8-15(9-11-18)22-23-19(13-16(14-20(23)34)21-7-4-12-37-21)31-25-24(22)26(35)33(32-25)17-5-2-1-3-6-17/h1-12,16,22,31-32H,13-14H2/t16-,22+/m0/s1. The topological polar surface area (TPSA) is 76.1 Å². The molecular weight excluding hydrogens is 503 g/mol. The number of fused-ring (bicyclic) bond motifs is 1. The first-order chi connectivity index (χ1) is 17.8. The summed E-state index contributed by atoms with van der Waals surface area (Å²) in [6.45, 7) is 0. The minimum absolute atomic E-state index is 0.00597. The molecule has 0 radical (unpaired) electrons. The zero-order chi connectivity index (χ0) is 25.7. The number of Topliss-reactive ketones (excluding diaryl/α,β-unsaturated/α-hetero) is 1. The number of para-hydroxylation sites is 1. The van der Waals surface area contributed by atoms with Gasteiger partial charge >= 0.3 is 6.36 Å². The van der Waals surface area contributed by atoms with Gasteiger partial charge in [-0.15, -0.1) is 24.5 Å². The van der Waals surface area contributed by atoms with Gasteiger partial charge in [-0.2, -0.15) is 0 Å². The molecule has 2 N–H and O–H groups in total. The van der Waals surface area contributed by atoms with Gasteiger partial charge in [0, 0.05) is 34.4 Å². The number of alkyl halides is 3. The lowest BCUT2D eigenvalue weighted by molar-refractivity contribution is -0.274. The number of allylic oxidation sites excluding steroid dienone is 2. The summed E-state index contributed by atoms with van der Waals surface area (Å²) in [5.74, 6) is -0.732. The quantitative estimate of drug-likeness (QED) is 0.340. The summed E-state index contributed by atoms with van der Waals surface area (Å²) in [7, 11) is 0. The third-order valence-corrected chi connectivity index (χ3v) is 7.73. The lowest BCUT2D eigenvalue weighted by Gasteiger charge is -2.34. The Morgan fingerprint density at radius 3 is 2.38 bits per heavy atom. The van der Waals surface area contributed by atoms with Crippen molar-refractivity contribution in [2.24, 2.45) is 0 Å². The summed E-state index contributed by atoms with van der Waals surface area (Å²) in [4.78, 5) is 28.4. The SMILES string of the molecule is O=C1C[C@@H](c2cccs2)CC2=C1[C@@H](c1ccc(OC(F)(F)F)cc1)c1c([nH]n(-c3ccccc3)c1=O)N2. The van der Waals surface area contributed by atoms with Gasteiger partial charge in [-0.25, -0.2) is 4.68 Å². The number of benzene rings is 2. The molecule has 3 heterocycles. The van der Waals surface area contributed by atoms with Crippen LogP contribution in [-0.2, 0) is 4.79 Å². The second-order valence-electron chi connectivity index (χ2n) is 8.99. The molecule has 2 aliphatic rings. The number of thiophene rings is 1. The van der Waals surface area contributed by atoms with Gasteiger partial charge in [-0.05, 0) is 47.7 Å². The van der Waals surface area contributed by atoms with Gasteiger partial charge < -0.3 is 10.1 Å². The molecule has 0 fully saturated rings. The Hall–Kier alpha value is -4.05. The second-order valence-corrected chi connectivity index (χ2v) is 9.97. The zero-order valence-corrected chi connectivity index (χ0v) is 20.0. The number of halogens is 3. The van der Waals surface area contributed by atoms with E-state index in [0.29, 0.717) is 46.7 Å². The molecule has 4 aromatic rings. The number of ketones is 1. The Labute approximate surface area is 213 Å². The molecule has 10 heteroatoms. The maximum absolute atomic E-state index is 13.7. The molecule has 0 unspecified atom stereocenters. The van der Waals surface area contributed by atoms with Crippen molar-refractivity contribution in [2.45, 2.75) is 31.0 Å². The molecule has 2 atom stereocenters. The van der Waals surface area contributed by atoms with Crippen molar-refractivity contribution in [1.82, 2.24) is 9.78 Å². The molecule has 188 valence electrons. The molecule has 0 spiro atoms. The highest BCUT2D eigenvalue weighted by Crippen LogP contribution is 2.47. The van der Waals surface area contributed by atoms with E-state index in [9.17, 15) is 22.8 Å². The van der Waals surface area contributed by atoms with Crippen LogP contribution < -0.4 is 15.6 Å². The Kier molecular flexibility index (Phi) is 5.56. The number of H-pyrrole nitrogens is 1. The smallest absolute Gasteiger partial charge is 0.406 e. The van der Waals surface area contributed by atoms with Gasteiger partial charge in [0.05, 0.1) is 11.3 Å². The fourth-order valence-electron chi connectivity index (χ4n) is 5.17. The Morgan fingerprint density at radius 2 is 1.70 bits per heavy atom. The van der Waals surface area contributed by atoms with Crippen molar-refractivity contribution in [3.63, 3.8) is 0 Å². The van der Waals surface area contributed by atoms with Crippen molar-refractivity contribution < 1.29 is 22.7 Å². The molecule has 6 nitrogen and oxygen atoms in total. The van der Waals surface area contributed by atoms with Crippen LogP contribution in [0.5, 0.6) is 5.75 Å². The van der Waals surface area contributed by atoms with E-state index in [1.54, 1.807) is 23.5 Å². The molecule has 2 aromatic heterocycles. The lowest BCUT2D eigenvalue weighted by Crippen LogP contribution is -2.31. The first-order valence-corrected chi connectivity index (χ1v) is 12.5. The predicted molar refractivity (Wildman–Crippen MR) is 133 cm³/mol. The van der Waals surface area contributed by atoms with E-state index in [-0.39, 0.29) is 23.0 Å². The molecule has 1 aliphatic carbocycles. The van der Waals surface area contributed by atoms with Gasteiger partial charge in [-0.1, -0.05) is 36.4 Å². The number of ether oxygens (including phenoxy) is 1. The summed E-state index contributed by atoms with van der Waals surface area (Å²) >= 11 is 1.59. The summed E-state index contributed by atoms with van der Waals surface area (Å²) < 4.78 is 43.5. The molecule has 0 amide bonds. The molecule has 1 aliphatic heterocycles. The summed E-state index contributed by atoms with van der Waals surface area (Å²) in [6, 6.07) is 18.3. The largest absolute Gasteiger partial charge is 0.573 e. The summed E-state index contributed by atoms with van der Waals surface area (Å²) in [5, 5.41) is 8.42. The summed E-state index contributed by atoms with van der Waals surface area (Å²) in [6.07, 6.45) is -3.95. The average molecular weight is 524 g/mol. The number of carbonyl (C=O) groups excluding carboxylic acids is 1. The van der Waals surface area contributed by atoms with Gasteiger partial charge in [0.25, 0.3) is 5.56 Å². The van der Waals surface area contributed by atoms with Crippen LogP contribution >= 0.6 is 11.3 Å². The van der Waals surface area contributed by atoms with E-state index in [1.165, 1.54) is 28.9 Å². The van der Waals surface area contributed by atoms with Crippen LogP contribution in [-0.4, -0.2) is 21.9 Å². The highest BCUT2D eigenvalue weighted by Gasteiger charge is 2.41. The van der Waals surface area contributed by atoms with Crippen LogP contribution in [0, 0.1) is 0 Å². The van der Waals surface area contributed by atoms with Gasteiger partial charge in [0.15, 0.2) is 5.78 Å². The molecule has 0 saturated carbocycles. The maximum atomic E-state index is 13.7. The fourth-order valence-corrected chi connectivity index (χ4v) is 6.00. The van der Waals surface area contributed by atoms with Crippen molar-refractivity contribution >= 4 is 22.9 Å². The van der Waals surface area contributed by atoms with Crippen LogP contribution in [0.15, 0.2) is 88.2 Å². The number of nitrogens with one attached hydrogen (secondary N) is 2. The minimum atomic E-state index is -4.82. The van der Waals surface area contributed by atoms with Crippen molar-refractivity contribution in [2.75, 3.05) is 5.32 Å². The zero-order valence-electron chi connectivity index (χ0n) is 19.2. The van der Waals surface area contributed by atoms with Gasteiger partial charge in [0.2, 0.25) is 0 Å².